The highest BCUT2D eigenvalue weighted by molar-refractivity contribution is 6.00. The van der Waals surface area contributed by atoms with Gasteiger partial charge in [0, 0.05) is 31.5 Å². The molecule has 0 saturated heterocycles. The van der Waals surface area contributed by atoms with Crippen LogP contribution in [0.2, 0.25) is 0 Å². The van der Waals surface area contributed by atoms with Crippen molar-refractivity contribution in [2.75, 3.05) is 5.32 Å². The Morgan fingerprint density at radius 2 is 1.84 bits per heavy atom. The lowest BCUT2D eigenvalue weighted by Crippen LogP contribution is -2.50. The molecule has 1 fully saturated rings. The van der Waals surface area contributed by atoms with Crippen LogP contribution in [-0.2, 0) is 18.4 Å². The van der Waals surface area contributed by atoms with Crippen molar-refractivity contribution in [3.63, 3.8) is 0 Å². The Morgan fingerprint density at radius 3 is 2.41 bits per heavy atom. The second-order valence-electron chi connectivity index (χ2n) is 9.36. The lowest BCUT2D eigenvalue weighted by Gasteiger charge is -2.34. The van der Waals surface area contributed by atoms with Crippen LogP contribution in [0.5, 0.6) is 0 Å². The van der Waals surface area contributed by atoms with Gasteiger partial charge in [-0.2, -0.15) is 23.4 Å². The Morgan fingerprint density at radius 1 is 1.11 bits per heavy atom. The number of halogens is 3. The summed E-state index contributed by atoms with van der Waals surface area (Å²) in [6.07, 6.45) is 0.742. The van der Waals surface area contributed by atoms with E-state index in [-0.39, 0.29) is 37.2 Å². The van der Waals surface area contributed by atoms with Crippen LogP contribution in [0.4, 0.5) is 19.0 Å². The number of rotatable bonds is 7. The van der Waals surface area contributed by atoms with E-state index in [1.807, 2.05) is 20.9 Å². The van der Waals surface area contributed by atoms with E-state index in [0.717, 1.165) is 16.8 Å². The van der Waals surface area contributed by atoms with E-state index in [0.29, 0.717) is 6.54 Å². The van der Waals surface area contributed by atoms with Crippen LogP contribution in [0.1, 0.15) is 48.7 Å². The van der Waals surface area contributed by atoms with E-state index in [1.54, 1.807) is 29.2 Å². The summed E-state index contributed by atoms with van der Waals surface area (Å²) in [7, 11) is 1.82. The third-order valence-corrected chi connectivity index (χ3v) is 6.93. The number of aryl methyl sites for hydroxylation is 3. The smallest absolute Gasteiger partial charge is 0.339 e. The second kappa shape index (κ2) is 10.7. The van der Waals surface area contributed by atoms with E-state index in [1.165, 1.54) is 16.9 Å². The zero-order valence-corrected chi connectivity index (χ0v) is 20.9. The van der Waals surface area contributed by atoms with Crippen molar-refractivity contribution >= 4 is 17.6 Å². The lowest BCUT2D eigenvalue weighted by atomic mass is 9.78. The Bertz CT molecular complexity index is 1220. The molecular formula is C25H30F3N7O2. The fourth-order valence-electron chi connectivity index (χ4n) is 4.94. The fourth-order valence-corrected chi connectivity index (χ4v) is 4.94. The minimum Gasteiger partial charge on any atom is -0.339 e. The van der Waals surface area contributed by atoms with E-state index in [9.17, 15) is 22.8 Å². The van der Waals surface area contributed by atoms with Gasteiger partial charge in [0.05, 0.1) is 17.8 Å². The van der Waals surface area contributed by atoms with Crippen LogP contribution in [0.15, 0.2) is 36.8 Å². The number of carbonyl (C=O) groups excluding carboxylic acids is 2. The molecular weight excluding hydrogens is 487 g/mol. The highest BCUT2D eigenvalue weighted by Crippen LogP contribution is 2.40. The maximum atomic E-state index is 13.3. The number of pyridine rings is 1. The monoisotopic (exact) mass is 517 g/mol. The summed E-state index contributed by atoms with van der Waals surface area (Å²) in [5, 5.41) is 13.8. The average molecular weight is 518 g/mol. The Labute approximate surface area is 212 Å². The molecule has 12 heteroatoms. The molecule has 1 atom stereocenters. The molecule has 198 valence electrons. The summed E-state index contributed by atoms with van der Waals surface area (Å²) in [6, 6.07) is 3.96. The summed E-state index contributed by atoms with van der Waals surface area (Å²) in [5.74, 6) is -2.60. The summed E-state index contributed by atoms with van der Waals surface area (Å²) in [6.45, 7) is 4.22. The second-order valence-corrected chi connectivity index (χ2v) is 9.36. The molecule has 1 aliphatic rings. The Balaban J connectivity index is 1.52. The van der Waals surface area contributed by atoms with Crippen LogP contribution >= 0.6 is 0 Å². The van der Waals surface area contributed by atoms with Gasteiger partial charge in [-0.15, -0.1) is 0 Å². The molecule has 0 radical (unpaired) electrons. The molecule has 4 rings (SSSR count). The first-order chi connectivity index (χ1) is 17.6. The van der Waals surface area contributed by atoms with Crippen molar-refractivity contribution < 1.29 is 22.8 Å². The van der Waals surface area contributed by atoms with Gasteiger partial charge < -0.3 is 10.6 Å². The predicted octanol–water partition coefficient (Wildman–Crippen LogP) is 4.11. The topological polar surface area (TPSA) is 107 Å². The molecule has 0 aromatic carbocycles. The van der Waals surface area contributed by atoms with Crippen LogP contribution in [0.25, 0.3) is 11.3 Å². The number of hydrogen-bond acceptors (Lipinski definition) is 5. The van der Waals surface area contributed by atoms with Gasteiger partial charge in [-0.25, -0.2) is 4.98 Å². The highest BCUT2D eigenvalue weighted by atomic mass is 19.4. The van der Waals surface area contributed by atoms with Gasteiger partial charge in [-0.05, 0) is 69.2 Å². The van der Waals surface area contributed by atoms with Crippen molar-refractivity contribution in [1.29, 1.82) is 0 Å². The Hall–Kier alpha value is -3.70. The van der Waals surface area contributed by atoms with E-state index in [2.05, 4.69) is 25.8 Å². The van der Waals surface area contributed by atoms with Gasteiger partial charge in [0.15, 0.2) is 0 Å². The SMILES string of the molecule is CCn1nccc1C(=O)NC(C(=O)Nc1ccc(-c2c(C)cnn2C)cn1)[C@H]1CC[C@H](C(F)(F)F)CC1. The largest absolute Gasteiger partial charge is 0.391 e. The van der Waals surface area contributed by atoms with Gasteiger partial charge in [0.25, 0.3) is 5.91 Å². The number of nitrogens with zero attached hydrogens (tertiary/aromatic N) is 5. The lowest BCUT2D eigenvalue weighted by molar-refractivity contribution is -0.184. The zero-order valence-electron chi connectivity index (χ0n) is 20.9. The first-order valence-corrected chi connectivity index (χ1v) is 12.2. The van der Waals surface area contributed by atoms with Gasteiger partial charge in [0.2, 0.25) is 5.91 Å². The maximum Gasteiger partial charge on any atom is 0.391 e. The normalized spacial score (nSPS) is 18.9. The van der Waals surface area contributed by atoms with Crippen molar-refractivity contribution in [2.45, 2.75) is 58.3 Å². The maximum absolute atomic E-state index is 13.3. The first kappa shape index (κ1) is 26.4. The van der Waals surface area contributed by atoms with Gasteiger partial charge >= 0.3 is 6.18 Å². The summed E-state index contributed by atoms with van der Waals surface area (Å²) >= 11 is 0. The summed E-state index contributed by atoms with van der Waals surface area (Å²) < 4.78 is 42.8. The van der Waals surface area contributed by atoms with E-state index in [4.69, 9.17) is 0 Å². The van der Waals surface area contributed by atoms with Gasteiger partial charge in [-0.1, -0.05) is 0 Å². The van der Waals surface area contributed by atoms with Crippen LogP contribution in [0.3, 0.4) is 0 Å². The number of amides is 2. The molecule has 2 N–H and O–H groups in total. The van der Waals surface area contributed by atoms with Gasteiger partial charge in [-0.3, -0.25) is 19.0 Å². The van der Waals surface area contributed by atoms with Crippen LogP contribution in [0, 0.1) is 18.8 Å². The molecule has 9 nitrogen and oxygen atoms in total. The number of carbonyl (C=O) groups is 2. The molecule has 2 amide bonds. The number of hydrogen-bond donors (Lipinski definition) is 2. The summed E-state index contributed by atoms with van der Waals surface area (Å²) in [4.78, 5) is 30.7. The molecule has 3 aromatic heterocycles. The standard InChI is InChI=1S/C25H30F3N7O2/c1-4-35-19(11-12-30-35)23(36)33-21(16-5-8-18(9-6-16)25(26,27)28)24(37)32-20-10-7-17(14-29-20)22-15(2)13-31-34(22)3/h7,10-14,16,18,21H,4-6,8-9H2,1-3H3,(H,33,36)(H,29,32,37)/t16-,18-,21?. The summed E-state index contributed by atoms with van der Waals surface area (Å²) in [5.41, 5.74) is 2.96. The van der Waals surface area contributed by atoms with Crippen molar-refractivity contribution in [2.24, 2.45) is 18.9 Å². The van der Waals surface area contributed by atoms with Crippen molar-refractivity contribution in [1.82, 2.24) is 29.9 Å². The molecule has 37 heavy (non-hydrogen) atoms. The average Bonchev–Trinajstić information content (AvgIpc) is 3.48. The highest BCUT2D eigenvalue weighted by Gasteiger charge is 2.44. The molecule has 1 saturated carbocycles. The minimum absolute atomic E-state index is 0.0856. The van der Waals surface area contributed by atoms with E-state index >= 15 is 0 Å². The molecule has 0 spiro atoms. The predicted molar refractivity (Wildman–Crippen MR) is 130 cm³/mol. The third-order valence-electron chi connectivity index (χ3n) is 6.93. The quantitative estimate of drug-likeness (QED) is 0.491. The molecule has 1 unspecified atom stereocenters. The van der Waals surface area contributed by atoms with Crippen LogP contribution in [-0.4, -0.2) is 48.6 Å². The Kier molecular flexibility index (Phi) is 7.65. The minimum atomic E-state index is -4.27. The molecule has 3 heterocycles. The number of nitrogens with one attached hydrogen (secondary N) is 2. The molecule has 1 aliphatic carbocycles. The molecule has 3 aromatic rings. The fraction of sp³-hybridized carbons (Fsp3) is 0.480. The number of anilines is 1. The van der Waals surface area contributed by atoms with Crippen molar-refractivity contribution in [3.8, 4) is 11.3 Å². The van der Waals surface area contributed by atoms with Crippen LogP contribution < -0.4 is 10.6 Å². The van der Waals surface area contributed by atoms with Gasteiger partial charge in [0.1, 0.15) is 17.6 Å². The molecule has 0 bridgehead atoms. The molecule has 0 aliphatic heterocycles. The van der Waals surface area contributed by atoms with E-state index < -0.39 is 35.9 Å². The third kappa shape index (κ3) is 5.83. The number of alkyl halides is 3. The first-order valence-electron chi connectivity index (χ1n) is 12.2. The number of aromatic nitrogens is 5. The van der Waals surface area contributed by atoms with Crippen molar-refractivity contribution in [3.05, 3.63) is 48.0 Å². The zero-order chi connectivity index (χ0) is 26.7.